The minimum Gasteiger partial charge on any atom is -0.489 e. The van der Waals surface area contributed by atoms with Crippen molar-refractivity contribution in [1.29, 1.82) is 0 Å². The Kier molecular flexibility index (Phi) is 5.58. The standard InChI is InChI=1S/C25H18ClN3O3S/c26-25-16-27-15-22(28-25)24-14-19-13-20(32-17-18-7-3-1-4-8-18)11-12-23(19)29(24)33(30,31)21-9-5-2-6-10-21/h1-16H,17H2. The van der Waals surface area contributed by atoms with Gasteiger partial charge in [0.25, 0.3) is 10.0 Å². The zero-order valence-electron chi connectivity index (χ0n) is 17.3. The van der Waals surface area contributed by atoms with Gasteiger partial charge in [-0.15, -0.1) is 0 Å². The number of aromatic nitrogens is 3. The van der Waals surface area contributed by atoms with Gasteiger partial charge in [0.1, 0.15) is 23.2 Å². The lowest BCUT2D eigenvalue weighted by Gasteiger charge is -2.12. The zero-order valence-corrected chi connectivity index (χ0v) is 18.9. The Morgan fingerprint density at radius 3 is 2.33 bits per heavy atom. The summed E-state index contributed by atoms with van der Waals surface area (Å²) in [6, 6.07) is 25.2. The molecule has 2 heterocycles. The van der Waals surface area contributed by atoms with Crippen LogP contribution in [0.3, 0.4) is 0 Å². The molecule has 3 aromatic carbocycles. The lowest BCUT2D eigenvalue weighted by atomic mass is 10.2. The third-order valence-corrected chi connectivity index (χ3v) is 7.05. The highest BCUT2D eigenvalue weighted by Gasteiger charge is 2.25. The van der Waals surface area contributed by atoms with Crippen LogP contribution in [0.1, 0.15) is 5.56 Å². The van der Waals surface area contributed by atoms with E-state index < -0.39 is 10.0 Å². The zero-order chi connectivity index (χ0) is 22.8. The van der Waals surface area contributed by atoms with Crippen LogP contribution in [0.4, 0.5) is 0 Å². The van der Waals surface area contributed by atoms with Crippen LogP contribution in [-0.2, 0) is 16.6 Å². The van der Waals surface area contributed by atoms with Gasteiger partial charge in [0.2, 0.25) is 0 Å². The van der Waals surface area contributed by atoms with Gasteiger partial charge in [0.15, 0.2) is 0 Å². The highest BCUT2D eigenvalue weighted by Crippen LogP contribution is 2.33. The van der Waals surface area contributed by atoms with Crippen LogP contribution in [0.25, 0.3) is 22.3 Å². The van der Waals surface area contributed by atoms with Gasteiger partial charge in [0, 0.05) is 5.39 Å². The van der Waals surface area contributed by atoms with E-state index in [-0.39, 0.29) is 10.0 Å². The van der Waals surface area contributed by atoms with Gasteiger partial charge in [-0.05, 0) is 42.0 Å². The molecule has 0 aliphatic rings. The number of ether oxygens (including phenoxy) is 1. The predicted octanol–water partition coefficient (Wildman–Crippen LogP) is 5.57. The summed E-state index contributed by atoms with van der Waals surface area (Å²) in [6.07, 6.45) is 2.89. The monoisotopic (exact) mass is 475 g/mol. The SMILES string of the molecule is O=S(=O)(c1ccccc1)n1c(-c2cncc(Cl)n2)cc2cc(OCc3ccccc3)ccc21. The Labute approximate surface area is 196 Å². The summed E-state index contributed by atoms with van der Waals surface area (Å²) in [6.45, 7) is 0.405. The second kappa shape index (κ2) is 8.69. The van der Waals surface area contributed by atoms with Gasteiger partial charge in [-0.1, -0.05) is 60.1 Å². The fourth-order valence-corrected chi connectivity index (χ4v) is 5.29. The average Bonchev–Trinajstić information content (AvgIpc) is 3.24. The molecule has 164 valence electrons. The van der Waals surface area contributed by atoms with E-state index in [1.165, 1.54) is 16.4 Å². The fraction of sp³-hybridized carbons (Fsp3) is 0.0400. The van der Waals surface area contributed by atoms with Gasteiger partial charge in [0.05, 0.1) is 28.5 Å². The minimum atomic E-state index is -3.92. The molecule has 8 heteroatoms. The van der Waals surface area contributed by atoms with E-state index in [2.05, 4.69) is 9.97 Å². The van der Waals surface area contributed by atoms with Crippen LogP contribution in [0.15, 0.2) is 102 Å². The number of hydrogen-bond acceptors (Lipinski definition) is 5. The van der Waals surface area contributed by atoms with Crippen molar-refractivity contribution in [2.75, 3.05) is 0 Å². The first-order chi connectivity index (χ1) is 16.0. The molecule has 0 atom stereocenters. The Bertz CT molecular complexity index is 1540. The first kappa shape index (κ1) is 21.2. The molecule has 33 heavy (non-hydrogen) atoms. The van der Waals surface area contributed by atoms with E-state index in [0.29, 0.717) is 34.6 Å². The number of rotatable bonds is 6. The fourth-order valence-electron chi connectivity index (χ4n) is 3.60. The second-order valence-electron chi connectivity index (χ2n) is 7.33. The van der Waals surface area contributed by atoms with Crippen molar-refractivity contribution in [3.8, 4) is 17.1 Å². The number of benzene rings is 3. The average molecular weight is 476 g/mol. The second-order valence-corrected chi connectivity index (χ2v) is 9.51. The van der Waals surface area contributed by atoms with Gasteiger partial charge in [-0.2, -0.15) is 0 Å². The minimum absolute atomic E-state index is 0.170. The molecule has 2 aromatic heterocycles. The molecule has 0 spiro atoms. The Morgan fingerprint density at radius 1 is 0.879 bits per heavy atom. The third kappa shape index (κ3) is 4.20. The van der Waals surface area contributed by atoms with Crippen LogP contribution < -0.4 is 4.74 Å². The first-order valence-corrected chi connectivity index (χ1v) is 11.9. The van der Waals surface area contributed by atoms with Crippen LogP contribution >= 0.6 is 11.6 Å². The lowest BCUT2D eigenvalue weighted by molar-refractivity contribution is 0.306. The number of fused-ring (bicyclic) bond motifs is 1. The summed E-state index contributed by atoms with van der Waals surface area (Å²) in [7, 11) is -3.92. The van der Waals surface area contributed by atoms with Crippen molar-refractivity contribution in [3.05, 3.63) is 108 Å². The van der Waals surface area contributed by atoms with Gasteiger partial charge in [-0.3, -0.25) is 4.98 Å². The van der Waals surface area contributed by atoms with E-state index in [4.69, 9.17) is 16.3 Å². The van der Waals surface area contributed by atoms with Crippen molar-refractivity contribution in [3.63, 3.8) is 0 Å². The summed E-state index contributed by atoms with van der Waals surface area (Å²) in [5, 5.41) is 0.866. The molecule has 6 nitrogen and oxygen atoms in total. The molecule has 0 unspecified atom stereocenters. The third-order valence-electron chi connectivity index (χ3n) is 5.13. The van der Waals surface area contributed by atoms with E-state index >= 15 is 0 Å². The van der Waals surface area contributed by atoms with E-state index in [1.54, 1.807) is 48.5 Å². The molecular formula is C25H18ClN3O3S. The molecule has 5 rings (SSSR count). The Hall–Kier alpha value is -3.68. The van der Waals surface area contributed by atoms with Crippen LogP contribution in [-0.4, -0.2) is 22.4 Å². The Morgan fingerprint density at radius 2 is 1.61 bits per heavy atom. The predicted molar refractivity (Wildman–Crippen MR) is 128 cm³/mol. The maximum atomic E-state index is 13.6. The molecule has 0 N–H and O–H groups in total. The summed E-state index contributed by atoms with van der Waals surface area (Å²) in [5.41, 5.74) is 2.26. The largest absolute Gasteiger partial charge is 0.489 e. The molecule has 0 fully saturated rings. The molecule has 0 saturated carbocycles. The van der Waals surface area contributed by atoms with Crippen LogP contribution in [0.5, 0.6) is 5.75 Å². The normalized spacial score (nSPS) is 11.5. The molecular weight excluding hydrogens is 458 g/mol. The maximum Gasteiger partial charge on any atom is 0.268 e. The molecule has 0 aliphatic heterocycles. The molecule has 0 aliphatic carbocycles. The number of hydrogen-bond donors (Lipinski definition) is 0. The van der Waals surface area contributed by atoms with Crippen LogP contribution in [0, 0.1) is 0 Å². The van der Waals surface area contributed by atoms with E-state index in [0.717, 1.165) is 5.56 Å². The van der Waals surface area contributed by atoms with Crippen molar-refractivity contribution in [2.45, 2.75) is 11.5 Å². The van der Waals surface area contributed by atoms with Gasteiger partial charge in [-0.25, -0.2) is 17.4 Å². The topological polar surface area (TPSA) is 74.1 Å². The maximum absolute atomic E-state index is 13.6. The highest BCUT2D eigenvalue weighted by atomic mass is 35.5. The summed E-state index contributed by atoms with van der Waals surface area (Å²) >= 11 is 6.05. The molecule has 0 bridgehead atoms. The summed E-state index contributed by atoms with van der Waals surface area (Å²) in [4.78, 5) is 8.54. The summed E-state index contributed by atoms with van der Waals surface area (Å²) in [5.74, 6) is 0.629. The lowest BCUT2D eigenvalue weighted by Crippen LogP contribution is -2.14. The summed E-state index contributed by atoms with van der Waals surface area (Å²) < 4.78 is 34.5. The van der Waals surface area contributed by atoms with Crippen molar-refractivity contribution >= 4 is 32.5 Å². The highest BCUT2D eigenvalue weighted by molar-refractivity contribution is 7.90. The van der Waals surface area contributed by atoms with Crippen molar-refractivity contribution in [2.24, 2.45) is 0 Å². The molecule has 5 aromatic rings. The smallest absolute Gasteiger partial charge is 0.268 e. The van der Waals surface area contributed by atoms with Crippen LogP contribution in [0.2, 0.25) is 5.15 Å². The molecule has 0 amide bonds. The number of halogens is 1. The quantitative estimate of drug-likeness (QED) is 0.321. The van der Waals surface area contributed by atoms with Gasteiger partial charge >= 0.3 is 0 Å². The Balaban J connectivity index is 1.64. The first-order valence-electron chi connectivity index (χ1n) is 10.1. The molecule has 0 radical (unpaired) electrons. The van der Waals surface area contributed by atoms with Gasteiger partial charge < -0.3 is 4.74 Å². The van der Waals surface area contributed by atoms with Crippen molar-refractivity contribution in [1.82, 2.24) is 13.9 Å². The van der Waals surface area contributed by atoms with Crippen molar-refractivity contribution < 1.29 is 13.2 Å². The van der Waals surface area contributed by atoms with E-state index in [9.17, 15) is 8.42 Å². The van der Waals surface area contributed by atoms with E-state index in [1.807, 2.05) is 36.4 Å². The number of nitrogens with zero attached hydrogens (tertiary/aromatic N) is 3. The molecule has 0 saturated heterocycles.